The summed E-state index contributed by atoms with van der Waals surface area (Å²) in [5.74, 6) is 0.523. The van der Waals surface area contributed by atoms with Crippen LogP contribution < -0.4 is 10.1 Å². The van der Waals surface area contributed by atoms with E-state index in [0.29, 0.717) is 44.0 Å². The van der Waals surface area contributed by atoms with E-state index < -0.39 is 0 Å². The van der Waals surface area contributed by atoms with Crippen LogP contribution in [-0.2, 0) is 0 Å². The Morgan fingerprint density at radius 2 is 1.67 bits per heavy atom. The Hall–Kier alpha value is -2.24. The van der Waals surface area contributed by atoms with Gasteiger partial charge < -0.3 is 19.9 Å². The van der Waals surface area contributed by atoms with Crippen LogP contribution in [0.5, 0.6) is 5.75 Å². The zero-order valence-corrected chi connectivity index (χ0v) is 15.0. The molecule has 1 saturated heterocycles. The van der Waals surface area contributed by atoms with Crippen molar-refractivity contribution in [2.45, 2.75) is 20.8 Å². The van der Waals surface area contributed by atoms with Crippen molar-refractivity contribution >= 4 is 11.9 Å². The SMILES string of the molecule is COc1ccccc1C(=O)N1CCN(C(=O)NCC(C)(C)C)CC1. The van der Waals surface area contributed by atoms with Crippen molar-refractivity contribution in [3.05, 3.63) is 29.8 Å². The molecule has 0 unspecified atom stereocenters. The Bertz CT molecular complexity index is 587. The number of urea groups is 1. The fraction of sp³-hybridized carbons (Fsp3) is 0.556. The lowest BCUT2D eigenvalue weighted by Crippen LogP contribution is -2.53. The number of amides is 3. The standard InChI is InChI=1S/C18H27N3O3/c1-18(2,3)13-19-17(23)21-11-9-20(10-12-21)16(22)14-7-5-6-8-15(14)24-4/h5-8H,9-13H2,1-4H3,(H,19,23). The summed E-state index contributed by atoms with van der Waals surface area (Å²) in [4.78, 5) is 28.4. The lowest BCUT2D eigenvalue weighted by Gasteiger charge is -2.35. The molecule has 1 aromatic carbocycles. The highest BCUT2D eigenvalue weighted by molar-refractivity contribution is 5.97. The molecule has 0 aromatic heterocycles. The maximum Gasteiger partial charge on any atom is 0.317 e. The van der Waals surface area contributed by atoms with Crippen molar-refractivity contribution in [3.8, 4) is 5.75 Å². The highest BCUT2D eigenvalue weighted by atomic mass is 16.5. The average molecular weight is 333 g/mol. The summed E-state index contributed by atoms with van der Waals surface area (Å²) < 4.78 is 5.26. The van der Waals surface area contributed by atoms with Crippen LogP contribution in [-0.4, -0.2) is 61.6 Å². The zero-order chi connectivity index (χ0) is 17.7. The molecule has 0 atom stereocenters. The molecule has 1 heterocycles. The van der Waals surface area contributed by atoms with E-state index in [4.69, 9.17) is 4.74 Å². The van der Waals surface area contributed by atoms with Gasteiger partial charge in [0.05, 0.1) is 12.7 Å². The quantitative estimate of drug-likeness (QED) is 0.922. The van der Waals surface area contributed by atoms with Gasteiger partial charge in [0.25, 0.3) is 5.91 Å². The molecule has 3 amide bonds. The second kappa shape index (κ2) is 7.55. The van der Waals surface area contributed by atoms with E-state index in [1.807, 2.05) is 12.1 Å². The number of piperazine rings is 1. The van der Waals surface area contributed by atoms with Gasteiger partial charge in [-0.25, -0.2) is 4.79 Å². The van der Waals surface area contributed by atoms with Crippen LogP contribution in [0, 0.1) is 5.41 Å². The van der Waals surface area contributed by atoms with E-state index in [2.05, 4.69) is 26.1 Å². The number of hydrogen-bond donors (Lipinski definition) is 1. The van der Waals surface area contributed by atoms with E-state index >= 15 is 0 Å². The second-order valence-electron chi connectivity index (χ2n) is 7.20. The Labute approximate surface area is 143 Å². The van der Waals surface area contributed by atoms with E-state index in [1.165, 1.54) is 0 Å². The van der Waals surface area contributed by atoms with Gasteiger partial charge in [-0.15, -0.1) is 0 Å². The third kappa shape index (κ3) is 4.63. The van der Waals surface area contributed by atoms with Gasteiger partial charge in [0, 0.05) is 32.7 Å². The van der Waals surface area contributed by atoms with Gasteiger partial charge in [0.1, 0.15) is 5.75 Å². The topological polar surface area (TPSA) is 61.9 Å². The minimum absolute atomic E-state index is 0.0529. The van der Waals surface area contributed by atoms with E-state index in [-0.39, 0.29) is 17.4 Å². The maximum atomic E-state index is 12.6. The van der Waals surface area contributed by atoms with Crippen LogP contribution >= 0.6 is 0 Å². The van der Waals surface area contributed by atoms with Crippen molar-refractivity contribution in [2.75, 3.05) is 39.8 Å². The van der Waals surface area contributed by atoms with Gasteiger partial charge in [-0.1, -0.05) is 32.9 Å². The molecule has 0 saturated carbocycles. The molecule has 1 aliphatic heterocycles. The predicted molar refractivity (Wildman–Crippen MR) is 93.3 cm³/mol. The van der Waals surface area contributed by atoms with Crippen LogP contribution in [0.1, 0.15) is 31.1 Å². The maximum absolute atomic E-state index is 12.6. The third-order valence-corrected chi connectivity index (χ3v) is 3.96. The summed E-state index contributed by atoms with van der Waals surface area (Å²) >= 11 is 0. The Morgan fingerprint density at radius 3 is 2.25 bits per heavy atom. The van der Waals surface area contributed by atoms with Crippen molar-refractivity contribution in [1.82, 2.24) is 15.1 Å². The summed E-state index contributed by atoms with van der Waals surface area (Å²) in [6, 6.07) is 7.15. The van der Waals surface area contributed by atoms with Gasteiger partial charge >= 0.3 is 6.03 Å². The molecular formula is C18H27N3O3. The molecule has 1 aliphatic rings. The lowest BCUT2D eigenvalue weighted by molar-refractivity contribution is 0.0661. The molecule has 1 aromatic rings. The van der Waals surface area contributed by atoms with Crippen LogP contribution in [0.15, 0.2) is 24.3 Å². The number of nitrogens with one attached hydrogen (secondary N) is 1. The molecule has 0 spiro atoms. The summed E-state index contributed by atoms with van der Waals surface area (Å²) in [5.41, 5.74) is 0.614. The molecule has 24 heavy (non-hydrogen) atoms. The van der Waals surface area contributed by atoms with Crippen LogP contribution in [0.2, 0.25) is 0 Å². The third-order valence-electron chi connectivity index (χ3n) is 3.96. The van der Waals surface area contributed by atoms with Crippen LogP contribution in [0.4, 0.5) is 4.79 Å². The number of methoxy groups -OCH3 is 1. The van der Waals surface area contributed by atoms with Crippen LogP contribution in [0.25, 0.3) is 0 Å². The number of hydrogen-bond acceptors (Lipinski definition) is 3. The Balaban J connectivity index is 1.90. The van der Waals surface area contributed by atoms with E-state index in [1.54, 1.807) is 29.0 Å². The Kier molecular flexibility index (Phi) is 5.70. The van der Waals surface area contributed by atoms with Crippen LogP contribution in [0.3, 0.4) is 0 Å². The highest BCUT2D eigenvalue weighted by Crippen LogP contribution is 2.20. The fourth-order valence-electron chi connectivity index (χ4n) is 2.56. The van der Waals surface area contributed by atoms with Crippen molar-refractivity contribution in [1.29, 1.82) is 0 Å². The normalized spacial score (nSPS) is 15.2. The van der Waals surface area contributed by atoms with Gasteiger partial charge in [0.15, 0.2) is 0 Å². The number of carbonyl (C=O) groups is 2. The predicted octanol–water partition coefficient (Wildman–Crippen LogP) is 2.21. The first-order chi connectivity index (χ1) is 11.3. The van der Waals surface area contributed by atoms with Crippen molar-refractivity contribution in [3.63, 3.8) is 0 Å². The molecular weight excluding hydrogens is 306 g/mol. The Morgan fingerprint density at radius 1 is 1.08 bits per heavy atom. The van der Waals surface area contributed by atoms with E-state index in [0.717, 1.165) is 0 Å². The van der Waals surface area contributed by atoms with E-state index in [9.17, 15) is 9.59 Å². The highest BCUT2D eigenvalue weighted by Gasteiger charge is 2.26. The lowest BCUT2D eigenvalue weighted by atomic mass is 9.97. The van der Waals surface area contributed by atoms with Gasteiger partial charge in [-0.2, -0.15) is 0 Å². The molecule has 6 heteroatoms. The fourth-order valence-corrected chi connectivity index (χ4v) is 2.56. The molecule has 0 radical (unpaired) electrons. The number of para-hydroxylation sites is 1. The second-order valence-corrected chi connectivity index (χ2v) is 7.20. The number of carbonyl (C=O) groups excluding carboxylic acids is 2. The first-order valence-electron chi connectivity index (χ1n) is 8.27. The molecule has 132 valence electrons. The minimum atomic E-state index is -0.0608. The zero-order valence-electron chi connectivity index (χ0n) is 15.0. The monoisotopic (exact) mass is 333 g/mol. The number of benzene rings is 1. The van der Waals surface area contributed by atoms with Gasteiger partial charge in [0.2, 0.25) is 0 Å². The first-order valence-corrected chi connectivity index (χ1v) is 8.27. The van der Waals surface area contributed by atoms with Crippen molar-refractivity contribution in [2.24, 2.45) is 5.41 Å². The molecule has 2 rings (SSSR count). The van der Waals surface area contributed by atoms with Gasteiger partial charge in [-0.05, 0) is 17.5 Å². The number of ether oxygens (including phenoxy) is 1. The molecule has 1 fully saturated rings. The molecule has 0 aliphatic carbocycles. The summed E-state index contributed by atoms with van der Waals surface area (Å²) in [6.07, 6.45) is 0. The molecule has 1 N–H and O–H groups in total. The average Bonchev–Trinajstić information content (AvgIpc) is 2.58. The summed E-state index contributed by atoms with van der Waals surface area (Å²) in [5, 5.41) is 2.95. The largest absolute Gasteiger partial charge is 0.496 e. The minimum Gasteiger partial charge on any atom is -0.496 e. The number of rotatable bonds is 3. The smallest absolute Gasteiger partial charge is 0.317 e. The first kappa shape index (κ1) is 18.1. The summed E-state index contributed by atoms with van der Waals surface area (Å²) in [7, 11) is 1.56. The summed E-state index contributed by atoms with van der Waals surface area (Å²) in [6.45, 7) is 9.00. The van der Waals surface area contributed by atoms with Gasteiger partial charge in [-0.3, -0.25) is 4.79 Å². The molecule has 6 nitrogen and oxygen atoms in total. The van der Waals surface area contributed by atoms with Crippen molar-refractivity contribution < 1.29 is 14.3 Å². The molecule has 0 bridgehead atoms. The number of nitrogens with zero attached hydrogens (tertiary/aromatic N) is 2.